The van der Waals surface area contributed by atoms with Gasteiger partial charge in [-0.05, 0) is 55.7 Å². The summed E-state index contributed by atoms with van der Waals surface area (Å²) in [6, 6.07) is 9.11. The number of carbonyl (C=O) groups excluding carboxylic acids is 1. The predicted molar refractivity (Wildman–Crippen MR) is 118 cm³/mol. The van der Waals surface area contributed by atoms with Gasteiger partial charge in [0.15, 0.2) is 11.5 Å². The van der Waals surface area contributed by atoms with Gasteiger partial charge in [-0.2, -0.15) is 5.10 Å². The highest BCUT2D eigenvalue weighted by Gasteiger charge is 2.18. The van der Waals surface area contributed by atoms with E-state index in [4.69, 9.17) is 9.47 Å². The van der Waals surface area contributed by atoms with Gasteiger partial charge in [0.05, 0.1) is 20.8 Å². The van der Waals surface area contributed by atoms with Crippen LogP contribution in [0, 0.1) is 6.92 Å². The number of rotatable bonds is 9. The second-order valence-corrected chi connectivity index (χ2v) is 7.41. The molecule has 0 fully saturated rings. The molecule has 1 amide bonds. The van der Waals surface area contributed by atoms with Crippen molar-refractivity contribution in [3.05, 3.63) is 76.0 Å². The number of benzene rings is 1. The summed E-state index contributed by atoms with van der Waals surface area (Å²) in [5.74, 6) is 0.923. The molecule has 3 rings (SSSR count). The van der Waals surface area contributed by atoms with E-state index >= 15 is 0 Å². The van der Waals surface area contributed by atoms with Gasteiger partial charge in [0.2, 0.25) is 0 Å². The summed E-state index contributed by atoms with van der Waals surface area (Å²) in [5, 5.41) is 7.05. The molecule has 0 aliphatic rings. The predicted octanol–water partition coefficient (Wildman–Crippen LogP) is 2.43. The summed E-state index contributed by atoms with van der Waals surface area (Å²) < 4.78 is 13.9. The minimum atomic E-state index is -0.373. The third-order valence-electron chi connectivity index (χ3n) is 5.09. The summed E-state index contributed by atoms with van der Waals surface area (Å²) in [6.07, 6.45) is 5.85. The highest BCUT2D eigenvalue weighted by atomic mass is 16.5. The van der Waals surface area contributed by atoms with Crippen molar-refractivity contribution in [1.82, 2.24) is 19.7 Å². The fourth-order valence-electron chi connectivity index (χ4n) is 3.43. The molecule has 1 unspecified atom stereocenters. The zero-order chi connectivity index (χ0) is 22.4. The Balaban J connectivity index is 1.73. The number of hydrogen-bond donors (Lipinski definition) is 1. The van der Waals surface area contributed by atoms with Crippen molar-refractivity contribution in [2.24, 2.45) is 0 Å². The fraction of sp³-hybridized carbons (Fsp3) is 0.348. The van der Waals surface area contributed by atoms with Crippen LogP contribution in [0.3, 0.4) is 0 Å². The Hall–Kier alpha value is -3.55. The number of pyridine rings is 1. The number of carbonyl (C=O) groups is 1. The van der Waals surface area contributed by atoms with Crippen LogP contribution in [0.25, 0.3) is 0 Å². The Bertz CT molecular complexity index is 1090. The van der Waals surface area contributed by atoms with Gasteiger partial charge in [-0.25, -0.2) is 0 Å². The molecule has 0 aliphatic heterocycles. The zero-order valence-electron chi connectivity index (χ0n) is 18.3. The first-order valence-corrected chi connectivity index (χ1v) is 10.1. The second kappa shape index (κ2) is 9.97. The lowest BCUT2D eigenvalue weighted by Gasteiger charge is -2.16. The molecule has 0 saturated carbocycles. The average Bonchev–Trinajstić information content (AvgIpc) is 3.25. The van der Waals surface area contributed by atoms with Gasteiger partial charge in [0, 0.05) is 31.2 Å². The monoisotopic (exact) mass is 424 g/mol. The molecule has 3 aromatic rings. The van der Waals surface area contributed by atoms with Crippen LogP contribution in [0.4, 0.5) is 0 Å². The van der Waals surface area contributed by atoms with Crippen LogP contribution >= 0.6 is 0 Å². The van der Waals surface area contributed by atoms with Crippen LogP contribution in [0.15, 0.2) is 53.7 Å². The first-order chi connectivity index (χ1) is 14.9. The number of nitrogens with zero attached hydrogens (tertiary/aromatic N) is 3. The molecule has 8 nitrogen and oxygen atoms in total. The summed E-state index contributed by atoms with van der Waals surface area (Å²) in [5.41, 5.74) is 1.52. The van der Waals surface area contributed by atoms with E-state index in [2.05, 4.69) is 10.4 Å². The third kappa shape index (κ3) is 5.33. The van der Waals surface area contributed by atoms with Crippen molar-refractivity contribution in [2.45, 2.75) is 39.4 Å². The van der Waals surface area contributed by atoms with Gasteiger partial charge in [-0.3, -0.25) is 14.3 Å². The van der Waals surface area contributed by atoms with E-state index in [9.17, 15) is 9.59 Å². The fourth-order valence-corrected chi connectivity index (χ4v) is 3.43. The molecule has 1 aromatic carbocycles. The van der Waals surface area contributed by atoms with Crippen molar-refractivity contribution in [1.29, 1.82) is 0 Å². The molecule has 1 atom stereocenters. The van der Waals surface area contributed by atoms with Crippen LogP contribution < -0.4 is 20.3 Å². The third-order valence-corrected chi connectivity index (χ3v) is 5.09. The Kier molecular flexibility index (Phi) is 7.12. The number of hydrogen-bond acceptors (Lipinski definition) is 5. The van der Waals surface area contributed by atoms with Crippen molar-refractivity contribution < 1.29 is 14.3 Å². The molecule has 8 heteroatoms. The van der Waals surface area contributed by atoms with Gasteiger partial charge >= 0.3 is 0 Å². The maximum atomic E-state index is 13.0. The number of methoxy groups -OCH3 is 2. The minimum absolute atomic E-state index is 0.169. The normalized spacial score (nSPS) is 11.7. The van der Waals surface area contributed by atoms with Crippen molar-refractivity contribution in [2.75, 3.05) is 14.2 Å². The molecular weight excluding hydrogens is 396 g/mol. The zero-order valence-corrected chi connectivity index (χ0v) is 18.3. The summed E-state index contributed by atoms with van der Waals surface area (Å²) >= 11 is 0. The van der Waals surface area contributed by atoms with Gasteiger partial charge in [-0.15, -0.1) is 0 Å². The lowest BCUT2D eigenvalue weighted by atomic mass is 10.1. The second-order valence-electron chi connectivity index (χ2n) is 7.41. The largest absolute Gasteiger partial charge is 0.493 e. The Morgan fingerprint density at radius 3 is 2.61 bits per heavy atom. The summed E-state index contributed by atoms with van der Waals surface area (Å²) in [7, 11) is 3.18. The van der Waals surface area contributed by atoms with Crippen molar-refractivity contribution in [3.8, 4) is 11.5 Å². The van der Waals surface area contributed by atoms with Gasteiger partial charge in [0.1, 0.15) is 5.56 Å². The molecule has 0 bridgehead atoms. The molecule has 0 aliphatic carbocycles. The minimum Gasteiger partial charge on any atom is -0.493 e. The van der Waals surface area contributed by atoms with E-state index in [1.54, 1.807) is 48.9 Å². The molecule has 2 aromatic heterocycles. The number of ether oxygens (including phenoxy) is 2. The van der Waals surface area contributed by atoms with E-state index in [1.807, 2.05) is 37.4 Å². The topological polar surface area (TPSA) is 87.4 Å². The van der Waals surface area contributed by atoms with Crippen LogP contribution in [-0.2, 0) is 19.5 Å². The number of aromatic nitrogens is 3. The van der Waals surface area contributed by atoms with E-state index < -0.39 is 0 Å². The van der Waals surface area contributed by atoms with E-state index in [1.165, 1.54) is 0 Å². The number of amides is 1. The molecule has 0 radical (unpaired) electrons. The number of aryl methyl sites for hydroxylation is 3. The highest BCUT2D eigenvalue weighted by molar-refractivity contribution is 5.95. The molecule has 31 heavy (non-hydrogen) atoms. The average molecular weight is 425 g/mol. The molecule has 0 saturated heterocycles. The maximum absolute atomic E-state index is 13.0. The smallest absolute Gasteiger partial charge is 0.263 e. The van der Waals surface area contributed by atoms with Crippen molar-refractivity contribution >= 4 is 5.91 Å². The first-order valence-electron chi connectivity index (χ1n) is 10.1. The van der Waals surface area contributed by atoms with Gasteiger partial charge in [-0.1, -0.05) is 6.07 Å². The summed E-state index contributed by atoms with van der Waals surface area (Å²) in [6.45, 7) is 4.62. The van der Waals surface area contributed by atoms with E-state index in [0.29, 0.717) is 36.6 Å². The highest BCUT2D eigenvalue weighted by Crippen LogP contribution is 2.27. The summed E-state index contributed by atoms with van der Waals surface area (Å²) in [4.78, 5) is 25.8. The van der Waals surface area contributed by atoms with Crippen molar-refractivity contribution in [3.63, 3.8) is 0 Å². The lowest BCUT2D eigenvalue weighted by molar-refractivity contribution is 0.0933. The quantitative estimate of drug-likeness (QED) is 0.570. The Morgan fingerprint density at radius 2 is 1.94 bits per heavy atom. The van der Waals surface area contributed by atoms with Crippen LogP contribution in [0.5, 0.6) is 11.5 Å². The number of nitrogens with one attached hydrogen (secondary N) is 1. The van der Waals surface area contributed by atoms with Crippen LogP contribution in [0.2, 0.25) is 0 Å². The molecule has 2 heterocycles. The van der Waals surface area contributed by atoms with Gasteiger partial charge in [0.25, 0.3) is 11.5 Å². The maximum Gasteiger partial charge on any atom is 0.263 e. The first kappa shape index (κ1) is 22.1. The SMILES string of the molecule is COc1ccc(CCn2ccc(C)c(C(=O)NC(C)Cn3cccn3)c2=O)cc1OC. The lowest BCUT2D eigenvalue weighted by Crippen LogP contribution is -2.40. The van der Waals surface area contributed by atoms with Crippen LogP contribution in [-0.4, -0.2) is 40.5 Å². The van der Waals surface area contributed by atoms with Gasteiger partial charge < -0.3 is 19.4 Å². The Labute approximate surface area is 181 Å². The van der Waals surface area contributed by atoms with E-state index in [-0.39, 0.29) is 23.1 Å². The molecule has 1 N–H and O–H groups in total. The molecule has 0 spiro atoms. The molecular formula is C23H28N4O4. The van der Waals surface area contributed by atoms with E-state index in [0.717, 1.165) is 5.56 Å². The Morgan fingerprint density at radius 1 is 1.16 bits per heavy atom. The van der Waals surface area contributed by atoms with Crippen LogP contribution in [0.1, 0.15) is 28.4 Å². The molecule has 164 valence electrons. The standard InChI is InChI=1S/C23H28N4O4/c1-16-8-12-26(13-9-18-6-7-19(30-3)20(14-18)31-4)23(29)21(16)22(28)25-17(2)15-27-11-5-10-24-27/h5-8,10-12,14,17H,9,13,15H2,1-4H3,(H,25,28).